The van der Waals surface area contributed by atoms with Gasteiger partial charge in [-0.2, -0.15) is 0 Å². The maximum atomic E-state index is 11.5. The Hall–Kier alpha value is -0.530. The fraction of sp³-hybridized carbons (Fsp3) is 0.929. The van der Waals surface area contributed by atoms with Crippen LogP contribution in [0.2, 0.25) is 0 Å². The predicted octanol–water partition coefficient (Wildman–Crippen LogP) is 4.24. The molecular formula is C14H26O2. The lowest BCUT2D eigenvalue weighted by Crippen LogP contribution is -2.36. The van der Waals surface area contributed by atoms with Crippen molar-refractivity contribution in [3.05, 3.63) is 0 Å². The minimum absolute atomic E-state index is 0.381. The lowest BCUT2D eigenvalue weighted by Gasteiger charge is -2.37. The van der Waals surface area contributed by atoms with Gasteiger partial charge in [0.1, 0.15) is 0 Å². The average molecular weight is 226 g/mol. The summed E-state index contributed by atoms with van der Waals surface area (Å²) >= 11 is 0. The molecule has 1 aliphatic rings. The SMILES string of the molecule is CCCCCC1(C(=O)O)CCCC(CC)C1. The van der Waals surface area contributed by atoms with Crippen LogP contribution in [0.3, 0.4) is 0 Å². The molecular weight excluding hydrogens is 200 g/mol. The summed E-state index contributed by atoms with van der Waals surface area (Å²) in [6.07, 6.45) is 9.63. The van der Waals surface area contributed by atoms with Crippen LogP contribution >= 0.6 is 0 Å². The Balaban J connectivity index is 2.60. The van der Waals surface area contributed by atoms with Crippen LogP contribution in [0.15, 0.2) is 0 Å². The van der Waals surface area contributed by atoms with E-state index in [-0.39, 0.29) is 5.41 Å². The summed E-state index contributed by atoms with van der Waals surface area (Å²) in [6, 6.07) is 0. The van der Waals surface area contributed by atoms with Crippen LogP contribution in [0.25, 0.3) is 0 Å². The van der Waals surface area contributed by atoms with Crippen molar-refractivity contribution in [2.24, 2.45) is 11.3 Å². The molecule has 0 aliphatic heterocycles. The van der Waals surface area contributed by atoms with E-state index >= 15 is 0 Å². The van der Waals surface area contributed by atoms with Crippen molar-refractivity contribution < 1.29 is 9.90 Å². The fourth-order valence-corrected chi connectivity index (χ4v) is 3.08. The van der Waals surface area contributed by atoms with Crippen molar-refractivity contribution in [1.29, 1.82) is 0 Å². The summed E-state index contributed by atoms with van der Waals surface area (Å²) in [6.45, 7) is 4.36. The second-order valence-corrected chi connectivity index (χ2v) is 5.41. The Kier molecular flexibility index (Phi) is 5.30. The molecule has 2 atom stereocenters. The highest BCUT2D eigenvalue weighted by atomic mass is 16.4. The first-order valence-electron chi connectivity index (χ1n) is 6.88. The number of hydrogen-bond donors (Lipinski definition) is 1. The Morgan fingerprint density at radius 3 is 2.69 bits per heavy atom. The zero-order chi connectivity index (χ0) is 12.0. The number of carbonyl (C=O) groups is 1. The minimum atomic E-state index is -0.540. The molecule has 0 bridgehead atoms. The summed E-state index contributed by atoms with van der Waals surface area (Å²) in [5, 5.41) is 9.50. The molecule has 0 aromatic heterocycles. The average Bonchev–Trinajstić information content (AvgIpc) is 2.29. The van der Waals surface area contributed by atoms with E-state index in [9.17, 15) is 9.90 Å². The largest absolute Gasteiger partial charge is 0.481 e. The van der Waals surface area contributed by atoms with Crippen LogP contribution in [-0.2, 0) is 4.79 Å². The second kappa shape index (κ2) is 6.27. The first-order chi connectivity index (χ1) is 7.64. The lowest BCUT2D eigenvalue weighted by atomic mass is 9.66. The van der Waals surface area contributed by atoms with E-state index in [4.69, 9.17) is 0 Å². The van der Waals surface area contributed by atoms with Crippen LogP contribution in [0.5, 0.6) is 0 Å². The maximum Gasteiger partial charge on any atom is 0.309 e. The van der Waals surface area contributed by atoms with Crippen molar-refractivity contribution in [3.8, 4) is 0 Å². The van der Waals surface area contributed by atoms with E-state index in [1.165, 1.54) is 19.3 Å². The lowest BCUT2D eigenvalue weighted by molar-refractivity contribution is -0.153. The summed E-state index contributed by atoms with van der Waals surface area (Å²) < 4.78 is 0. The van der Waals surface area contributed by atoms with Gasteiger partial charge >= 0.3 is 5.97 Å². The van der Waals surface area contributed by atoms with E-state index in [1.807, 2.05) is 0 Å². The summed E-state index contributed by atoms with van der Waals surface area (Å²) in [7, 11) is 0. The van der Waals surface area contributed by atoms with Gasteiger partial charge in [0, 0.05) is 0 Å². The van der Waals surface area contributed by atoms with Gasteiger partial charge in [-0.05, 0) is 25.2 Å². The molecule has 16 heavy (non-hydrogen) atoms. The van der Waals surface area contributed by atoms with E-state index in [0.29, 0.717) is 5.92 Å². The third-order valence-electron chi connectivity index (χ3n) is 4.24. The monoisotopic (exact) mass is 226 g/mol. The van der Waals surface area contributed by atoms with Crippen molar-refractivity contribution in [1.82, 2.24) is 0 Å². The van der Waals surface area contributed by atoms with E-state index in [1.54, 1.807) is 0 Å². The third-order valence-corrected chi connectivity index (χ3v) is 4.24. The molecule has 1 N–H and O–H groups in total. The van der Waals surface area contributed by atoms with Gasteiger partial charge in [-0.15, -0.1) is 0 Å². The molecule has 1 saturated carbocycles. The zero-order valence-corrected chi connectivity index (χ0v) is 10.8. The summed E-state index contributed by atoms with van der Waals surface area (Å²) in [4.78, 5) is 11.5. The van der Waals surface area contributed by atoms with E-state index in [2.05, 4.69) is 13.8 Å². The molecule has 94 valence electrons. The highest BCUT2D eigenvalue weighted by Crippen LogP contribution is 2.44. The van der Waals surface area contributed by atoms with Gasteiger partial charge in [-0.1, -0.05) is 52.4 Å². The number of hydrogen-bond acceptors (Lipinski definition) is 1. The van der Waals surface area contributed by atoms with Crippen molar-refractivity contribution in [2.75, 3.05) is 0 Å². The van der Waals surface area contributed by atoms with Gasteiger partial charge in [0.15, 0.2) is 0 Å². The molecule has 2 nitrogen and oxygen atoms in total. The highest BCUT2D eigenvalue weighted by Gasteiger charge is 2.41. The van der Waals surface area contributed by atoms with E-state index in [0.717, 1.165) is 38.5 Å². The third kappa shape index (κ3) is 3.23. The van der Waals surface area contributed by atoms with Gasteiger partial charge in [-0.3, -0.25) is 4.79 Å². The van der Waals surface area contributed by atoms with Crippen LogP contribution in [0, 0.1) is 11.3 Å². The molecule has 0 heterocycles. The molecule has 0 amide bonds. The highest BCUT2D eigenvalue weighted by molar-refractivity contribution is 5.74. The molecule has 0 saturated heterocycles. The Labute approximate surface area is 99.4 Å². The smallest absolute Gasteiger partial charge is 0.309 e. The summed E-state index contributed by atoms with van der Waals surface area (Å²) in [5.41, 5.74) is -0.381. The Bertz CT molecular complexity index is 225. The van der Waals surface area contributed by atoms with Gasteiger partial charge in [0.05, 0.1) is 5.41 Å². The second-order valence-electron chi connectivity index (χ2n) is 5.41. The summed E-state index contributed by atoms with van der Waals surface area (Å²) in [5.74, 6) is 0.105. The fourth-order valence-electron chi connectivity index (χ4n) is 3.08. The van der Waals surface area contributed by atoms with Crippen molar-refractivity contribution >= 4 is 5.97 Å². The van der Waals surface area contributed by atoms with Crippen LogP contribution in [0.1, 0.15) is 71.6 Å². The molecule has 1 aliphatic carbocycles. The minimum Gasteiger partial charge on any atom is -0.481 e. The first-order valence-corrected chi connectivity index (χ1v) is 6.88. The van der Waals surface area contributed by atoms with E-state index < -0.39 is 5.97 Å². The molecule has 1 fully saturated rings. The Morgan fingerprint density at radius 1 is 1.38 bits per heavy atom. The first kappa shape index (κ1) is 13.5. The van der Waals surface area contributed by atoms with Gasteiger partial charge < -0.3 is 5.11 Å². The Morgan fingerprint density at radius 2 is 2.12 bits per heavy atom. The number of carboxylic acids is 1. The normalized spacial score (nSPS) is 30.2. The number of aliphatic carboxylic acids is 1. The topological polar surface area (TPSA) is 37.3 Å². The quantitative estimate of drug-likeness (QED) is 0.688. The zero-order valence-electron chi connectivity index (χ0n) is 10.8. The predicted molar refractivity (Wildman–Crippen MR) is 66.5 cm³/mol. The van der Waals surface area contributed by atoms with Gasteiger partial charge in [0.2, 0.25) is 0 Å². The number of rotatable bonds is 6. The van der Waals surface area contributed by atoms with Crippen LogP contribution < -0.4 is 0 Å². The maximum absolute atomic E-state index is 11.5. The molecule has 2 heteroatoms. The van der Waals surface area contributed by atoms with Crippen LogP contribution in [0.4, 0.5) is 0 Å². The molecule has 2 unspecified atom stereocenters. The molecule has 1 rings (SSSR count). The van der Waals surface area contributed by atoms with Gasteiger partial charge in [-0.25, -0.2) is 0 Å². The number of carboxylic acid groups (broad SMARTS) is 1. The molecule has 0 spiro atoms. The van der Waals surface area contributed by atoms with Gasteiger partial charge in [0.25, 0.3) is 0 Å². The van der Waals surface area contributed by atoms with Crippen molar-refractivity contribution in [3.63, 3.8) is 0 Å². The standard InChI is InChI=1S/C14H26O2/c1-3-5-6-9-14(13(15)16)10-7-8-12(4-2)11-14/h12H,3-11H2,1-2H3,(H,15,16). The molecule has 0 radical (unpaired) electrons. The van der Waals surface area contributed by atoms with Crippen molar-refractivity contribution in [2.45, 2.75) is 71.6 Å². The number of unbranched alkanes of at least 4 members (excludes halogenated alkanes) is 2. The molecule has 0 aromatic carbocycles. The van der Waals surface area contributed by atoms with Crippen LogP contribution in [-0.4, -0.2) is 11.1 Å². The molecule has 0 aromatic rings.